The highest BCUT2D eigenvalue weighted by molar-refractivity contribution is 5.87. The molecule has 4 N–H and O–H groups in total. The number of aliphatic carboxylic acids is 1. The number of nitrogens with one attached hydrogen (secondary N) is 1. The van der Waals surface area contributed by atoms with Gasteiger partial charge in [0.25, 0.3) is 0 Å². The second kappa shape index (κ2) is 8.10. The summed E-state index contributed by atoms with van der Waals surface area (Å²) >= 11 is 0. The van der Waals surface area contributed by atoms with Crippen molar-refractivity contribution in [3.05, 3.63) is 71.8 Å². The van der Waals surface area contributed by atoms with Gasteiger partial charge in [0.2, 0.25) is 5.91 Å². The molecular formula is C18H20N2O3. The molecule has 0 radical (unpaired) electrons. The Morgan fingerprint density at radius 2 is 1.57 bits per heavy atom. The van der Waals surface area contributed by atoms with E-state index in [0.29, 0.717) is 18.4 Å². The number of carbonyl (C=O) groups excluding carboxylic acids is 1. The Bertz CT molecular complexity index is 644. The summed E-state index contributed by atoms with van der Waals surface area (Å²) in [7, 11) is 0. The number of benzene rings is 2. The molecule has 0 spiro atoms. The molecule has 5 heteroatoms. The third kappa shape index (κ3) is 4.93. The molecule has 2 aromatic carbocycles. The molecule has 1 amide bonds. The van der Waals surface area contributed by atoms with E-state index in [1.165, 1.54) is 0 Å². The number of aryl methyl sites for hydroxylation is 1. The Hall–Kier alpha value is -2.66. The molecule has 120 valence electrons. The number of rotatable bonds is 7. The Kier molecular flexibility index (Phi) is 5.88. The third-order valence-corrected chi connectivity index (χ3v) is 3.59. The van der Waals surface area contributed by atoms with E-state index in [9.17, 15) is 14.7 Å². The van der Waals surface area contributed by atoms with Gasteiger partial charge in [-0.2, -0.15) is 0 Å². The van der Waals surface area contributed by atoms with Crippen molar-refractivity contribution in [2.75, 3.05) is 0 Å². The van der Waals surface area contributed by atoms with E-state index in [1.807, 2.05) is 30.3 Å². The third-order valence-electron chi connectivity index (χ3n) is 3.59. The minimum absolute atomic E-state index is 0.455. The van der Waals surface area contributed by atoms with Crippen LogP contribution in [0.15, 0.2) is 60.7 Å². The zero-order valence-electron chi connectivity index (χ0n) is 12.7. The van der Waals surface area contributed by atoms with Gasteiger partial charge in [0, 0.05) is 0 Å². The molecule has 0 saturated heterocycles. The van der Waals surface area contributed by atoms with Crippen molar-refractivity contribution < 1.29 is 14.7 Å². The summed E-state index contributed by atoms with van der Waals surface area (Å²) in [6.07, 6.45) is 1.12. The monoisotopic (exact) mass is 312 g/mol. The minimum Gasteiger partial charge on any atom is -0.479 e. The average Bonchev–Trinajstić information content (AvgIpc) is 2.58. The van der Waals surface area contributed by atoms with Gasteiger partial charge in [-0.3, -0.25) is 4.79 Å². The molecule has 23 heavy (non-hydrogen) atoms. The fourth-order valence-corrected chi connectivity index (χ4v) is 2.28. The molecule has 0 unspecified atom stereocenters. The van der Waals surface area contributed by atoms with Gasteiger partial charge in [-0.05, 0) is 24.0 Å². The lowest BCUT2D eigenvalue weighted by Gasteiger charge is -2.18. The molecule has 0 aliphatic carbocycles. The summed E-state index contributed by atoms with van der Waals surface area (Å²) in [5, 5.41) is 11.8. The quantitative estimate of drug-likeness (QED) is 0.728. The van der Waals surface area contributed by atoms with Crippen LogP contribution in [0.2, 0.25) is 0 Å². The molecule has 5 nitrogen and oxygen atoms in total. The summed E-state index contributed by atoms with van der Waals surface area (Å²) in [4.78, 5) is 23.5. The number of carbonyl (C=O) groups is 2. The molecule has 0 heterocycles. The van der Waals surface area contributed by atoms with Crippen molar-refractivity contribution in [3.8, 4) is 0 Å². The van der Waals surface area contributed by atoms with Gasteiger partial charge >= 0.3 is 5.97 Å². The zero-order chi connectivity index (χ0) is 16.7. The van der Waals surface area contributed by atoms with Crippen molar-refractivity contribution in [3.63, 3.8) is 0 Å². The normalized spacial score (nSPS) is 13.1. The predicted molar refractivity (Wildman–Crippen MR) is 87.7 cm³/mol. The predicted octanol–water partition coefficient (Wildman–Crippen LogP) is 1.89. The van der Waals surface area contributed by atoms with E-state index in [1.54, 1.807) is 30.3 Å². The summed E-state index contributed by atoms with van der Waals surface area (Å²) in [6.45, 7) is 0. The lowest BCUT2D eigenvalue weighted by molar-refractivity contribution is -0.142. The van der Waals surface area contributed by atoms with Gasteiger partial charge in [-0.1, -0.05) is 60.7 Å². The first kappa shape index (κ1) is 16.7. The van der Waals surface area contributed by atoms with Crippen molar-refractivity contribution in [1.82, 2.24) is 5.32 Å². The second-order valence-corrected chi connectivity index (χ2v) is 5.32. The van der Waals surface area contributed by atoms with Crippen LogP contribution in [-0.4, -0.2) is 23.0 Å². The SMILES string of the molecule is N[C@@H](CCc1ccccc1)C(=O)N[C@H](C(=O)O)c1ccccc1. The van der Waals surface area contributed by atoms with Crippen LogP contribution in [0.3, 0.4) is 0 Å². The maximum Gasteiger partial charge on any atom is 0.330 e. The molecule has 0 fully saturated rings. The van der Waals surface area contributed by atoms with Crippen LogP contribution in [0.5, 0.6) is 0 Å². The highest BCUT2D eigenvalue weighted by Crippen LogP contribution is 2.13. The van der Waals surface area contributed by atoms with Crippen LogP contribution in [-0.2, 0) is 16.0 Å². The van der Waals surface area contributed by atoms with E-state index in [4.69, 9.17) is 5.73 Å². The van der Waals surface area contributed by atoms with Crippen LogP contribution in [0.25, 0.3) is 0 Å². The Labute approximate surface area is 135 Å². The fraction of sp³-hybridized carbons (Fsp3) is 0.222. The fourth-order valence-electron chi connectivity index (χ4n) is 2.28. The van der Waals surface area contributed by atoms with Gasteiger partial charge in [-0.15, -0.1) is 0 Å². The minimum atomic E-state index is -1.11. The van der Waals surface area contributed by atoms with E-state index in [0.717, 1.165) is 5.56 Å². The van der Waals surface area contributed by atoms with Crippen LogP contribution in [0.4, 0.5) is 0 Å². The first-order valence-electron chi connectivity index (χ1n) is 7.45. The van der Waals surface area contributed by atoms with Crippen molar-refractivity contribution in [1.29, 1.82) is 0 Å². The Morgan fingerprint density at radius 1 is 1.00 bits per heavy atom. The number of amides is 1. The number of carboxylic acid groups (broad SMARTS) is 1. The molecule has 0 aromatic heterocycles. The number of nitrogens with two attached hydrogens (primary N) is 1. The number of carboxylic acids is 1. The first-order chi connectivity index (χ1) is 11.1. The van der Waals surface area contributed by atoms with Crippen molar-refractivity contribution in [2.24, 2.45) is 5.73 Å². The molecular weight excluding hydrogens is 292 g/mol. The zero-order valence-corrected chi connectivity index (χ0v) is 12.7. The summed E-state index contributed by atoms with van der Waals surface area (Å²) in [6, 6.07) is 16.4. The van der Waals surface area contributed by atoms with Gasteiger partial charge in [-0.25, -0.2) is 4.79 Å². The standard InChI is InChI=1S/C18H20N2O3/c19-15(12-11-13-7-3-1-4-8-13)17(21)20-16(18(22)23)14-9-5-2-6-10-14/h1-10,15-16H,11-12,19H2,(H,20,21)(H,22,23)/t15-,16-/m0/s1. The van der Waals surface area contributed by atoms with Crippen LogP contribution >= 0.6 is 0 Å². The number of hydrogen-bond acceptors (Lipinski definition) is 3. The van der Waals surface area contributed by atoms with Crippen LogP contribution in [0, 0.1) is 0 Å². The summed E-state index contributed by atoms with van der Waals surface area (Å²) in [5.41, 5.74) is 7.50. The summed E-state index contributed by atoms with van der Waals surface area (Å²) < 4.78 is 0. The van der Waals surface area contributed by atoms with E-state index >= 15 is 0 Å². The Morgan fingerprint density at radius 3 is 2.13 bits per heavy atom. The second-order valence-electron chi connectivity index (χ2n) is 5.32. The largest absolute Gasteiger partial charge is 0.479 e. The van der Waals surface area contributed by atoms with E-state index < -0.39 is 24.0 Å². The molecule has 0 saturated carbocycles. The maximum absolute atomic E-state index is 12.2. The van der Waals surface area contributed by atoms with E-state index in [-0.39, 0.29) is 0 Å². The molecule has 2 rings (SSSR count). The van der Waals surface area contributed by atoms with E-state index in [2.05, 4.69) is 5.32 Å². The van der Waals surface area contributed by atoms with Crippen molar-refractivity contribution >= 4 is 11.9 Å². The van der Waals surface area contributed by atoms with Crippen molar-refractivity contribution in [2.45, 2.75) is 24.9 Å². The topological polar surface area (TPSA) is 92.4 Å². The molecule has 0 bridgehead atoms. The average molecular weight is 312 g/mol. The van der Waals surface area contributed by atoms with Gasteiger partial charge < -0.3 is 16.2 Å². The van der Waals surface area contributed by atoms with Gasteiger partial charge in [0.05, 0.1) is 6.04 Å². The lowest BCUT2D eigenvalue weighted by atomic mass is 10.0. The molecule has 0 aliphatic rings. The van der Waals surface area contributed by atoms with Crippen LogP contribution in [0.1, 0.15) is 23.6 Å². The highest BCUT2D eigenvalue weighted by Gasteiger charge is 2.24. The first-order valence-corrected chi connectivity index (χ1v) is 7.45. The smallest absolute Gasteiger partial charge is 0.330 e. The number of hydrogen-bond donors (Lipinski definition) is 3. The maximum atomic E-state index is 12.2. The highest BCUT2D eigenvalue weighted by atomic mass is 16.4. The molecule has 2 aromatic rings. The Balaban J connectivity index is 1.94. The van der Waals surface area contributed by atoms with Gasteiger partial charge in [0.15, 0.2) is 6.04 Å². The summed E-state index contributed by atoms with van der Waals surface area (Å²) in [5.74, 6) is -1.57. The molecule has 2 atom stereocenters. The van der Waals surface area contributed by atoms with Crippen LogP contribution < -0.4 is 11.1 Å². The van der Waals surface area contributed by atoms with Gasteiger partial charge in [0.1, 0.15) is 0 Å². The molecule has 0 aliphatic heterocycles. The lowest BCUT2D eigenvalue weighted by Crippen LogP contribution is -2.44.